The van der Waals surface area contributed by atoms with Gasteiger partial charge in [0.15, 0.2) is 16.7 Å². The molecule has 8 heteroatoms. The molecule has 0 aliphatic heterocycles. The Morgan fingerprint density at radius 3 is 2.54 bits per heavy atom. The van der Waals surface area contributed by atoms with E-state index in [1.807, 2.05) is 48.5 Å². The number of carbonyl (C=O) groups is 1. The largest absolute Gasteiger partial charge is 0.493 e. The average Bonchev–Trinajstić information content (AvgIpc) is 2.89. The highest BCUT2D eigenvalue weighted by Crippen LogP contribution is 2.28. The van der Waals surface area contributed by atoms with Crippen molar-refractivity contribution in [2.45, 2.75) is 25.0 Å². The second-order valence-corrected chi connectivity index (χ2v) is 8.83. The van der Waals surface area contributed by atoms with Gasteiger partial charge < -0.3 is 14.8 Å². The van der Waals surface area contributed by atoms with Crippen LogP contribution in [0, 0.1) is 0 Å². The van der Waals surface area contributed by atoms with E-state index < -0.39 is 0 Å². The molecule has 0 aliphatic rings. The number of nitrogens with zero attached hydrogens (tertiary/aromatic N) is 2. The molecule has 0 bridgehead atoms. The minimum absolute atomic E-state index is 0.118. The molecular weight excluding hydrogens is 462 g/mol. The van der Waals surface area contributed by atoms with Crippen molar-refractivity contribution >= 4 is 34.3 Å². The molecule has 3 aromatic carbocycles. The minimum atomic E-state index is -0.164. The third kappa shape index (κ3) is 5.66. The van der Waals surface area contributed by atoms with Gasteiger partial charge in [0.05, 0.1) is 37.4 Å². The maximum Gasteiger partial charge on any atom is 0.262 e. The SMILES string of the molecule is CCc1cccc(NC(=O)CSc2nc3ccccc3c(=O)n2Cc2ccc(OC)c(OC)c2)c1. The molecule has 35 heavy (non-hydrogen) atoms. The molecule has 180 valence electrons. The molecular formula is C27H27N3O4S. The number of anilines is 1. The van der Waals surface area contributed by atoms with Crippen molar-refractivity contribution < 1.29 is 14.3 Å². The van der Waals surface area contributed by atoms with Crippen LogP contribution >= 0.6 is 11.8 Å². The highest BCUT2D eigenvalue weighted by atomic mass is 32.2. The smallest absolute Gasteiger partial charge is 0.262 e. The van der Waals surface area contributed by atoms with Crippen LogP contribution in [0.3, 0.4) is 0 Å². The number of carbonyl (C=O) groups excluding carboxylic acids is 1. The maximum absolute atomic E-state index is 13.4. The number of hydrogen-bond donors (Lipinski definition) is 1. The number of hydrogen-bond acceptors (Lipinski definition) is 6. The average molecular weight is 490 g/mol. The summed E-state index contributed by atoms with van der Waals surface area (Å²) >= 11 is 1.23. The zero-order valence-corrected chi connectivity index (χ0v) is 20.7. The molecule has 4 rings (SSSR count). The van der Waals surface area contributed by atoms with Crippen LogP contribution in [0.2, 0.25) is 0 Å². The molecule has 0 unspecified atom stereocenters. The number of rotatable bonds is 9. The first kappa shape index (κ1) is 24.3. The summed E-state index contributed by atoms with van der Waals surface area (Å²) in [7, 11) is 3.15. The molecule has 7 nitrogen and oxygen atoms in total. The molecule has 1 N–H and O–H groups in total. The predicted molar refractivity (Wildman–Crippen MR) is 140 cm³/mol. The van der Waals surface area contributed by atoms with Crippen molar-refractivity contribution in [3.05, 3.63) is 88.2 Å². The van der Waals surface area contributed by atoms with Gasteiger partial charge in [-0.25, -0.2) is 4.98 Å². The lowest BCUT2D eigenvalue weighted by Gasteiger charge is -2.15. The lowest BCUT2D eigenvalue weighted by Crippen LogP contribution is -2.25. The van der Waals surface area contributed by atoms with Crippen molar-refractivity contribution in [3.8, 4) is 11.5 Å². The van der Waals surface area contributed by atoms with Gasteiger partial charge in [0.1, 0.15) is 0 Å². The summed E-state index contributed by atoms with van der Waals surface area (Å²) in [5, 5.41) is 3.93. The summed E-state index contributed by atoms with van der Waals surface area (Å²) in [5.41, 5.74) is 3.19. The zero-order valence-electron chi connectivity index (χ0n) is 19.9. The number of aryl methyl sites for hydroxylation is 1. The van der Waals surface area contributed by atoms with Gasteiger partial charge in [0.25, 0.3) is 5.56 Å². The Kier molecular flexibility index (Phi) is 7.72. The van der Waals surface area contributed by atoms with Crippen LogP contribution in [0.15, 0.2) is 76.7 Å². The molecule has 0 saturated carbocycles. The second kappa shape index (κ2) is 11.1. The van der Waals surface area contributed by atoms with E-state index in [1.54, 1.807) is 37.0 Å². The molecule has 1 amide bonds. The Bertz CT molecular complexity index is 1420. The predicted octanol–water partition coefficient (Wildman–Crippen LogP) is 4.76. The van der Waals surface area contributed by atoms with Crippen LogP contribution in [-0.4, -0.2) is 35.4 Å². The Balaban J connectivity index is 1.62. The molecule has 0 aliphatic carbocycles. The van der Waals surface area contributed by atoms with Crippen LogP contribution in [0.25, 0.3) is 10.9 Å². The topological polar surface area (TPSA) is 82.5 Å². The number of amides is 1. The van der Waals surface area contributed by atoms with Gasteiger partial charge >= 0.3 is 0 Å². The standard InChI is InChI=1S/C27H27N3O4S/c1-4-18-8-7-9-20(14-18)28-25(31)17-35-27-29-22-11-6-5-10-21(22)26(32)30(27)16-19-12-13-23(33-2)24(15-19)34-3/h5-15H,4,16-17H2,1-3H3,(H,28,31). The first-order valence-electron chi connectivity index (χ1n) is 11.2. The summed E-state index contributed by atoms with van der Waals surface area (Å²) in [5.74, 6) is 1.14. The molecule has 4 aromatic rings. The van der Waals surface area contributed by atoms with Crippen molar-refractivity contribution in [1.29, 1.82) is 0 Å². The fourth-order valence-corrected chi connectivity index (χ4v) is 4.55. The molecule has 0 radical (unpaired) electrons. The van der Waals surface area contributed by atoms with E-state index in [-0.39, 0.29) is 23.8 Å². The summed E-state index contributed by atoms with van der Waals surface area (Å²) in [4.78, 5) is 30.8. The molecule has 0 atom stereocenters. The van der Waals surface area contributed by atoms with Crippen molar-refractivity contribution in [3.63, 3.8) is 0 Å². The van der Waals surface area contributed by atoms with Gasteiger partial charge in [-0.2, -0.15) is 0 Å². The van der Waals surface area contributed by atoms with Gasteiger partial charge in [-0.15, -0.1) is 0 Å². The first-order chi connectivity index (χ1) is 17.0. The van der Waals surface area contributed by atoms with Crippen molar-refractivity contribution in [2.75, 3.05) is 25.3 Å². The summed E-state index contributed by atoms with van der Waals surface area (Å²) in [6.07, 6.45) is 0.891. The van der Waals surface area contributed by atoms with Crippen LogP contribution < -0.4 is 20.3 Å². The normalized spacial score (nSPS) is 10.8. The monoisotopic (exact) mass is 489 g/mol. The van der Waals surface area contributed by atoms with Gasteiger partial charge in [-0.3, -0.25) is 14.2 Å². The highest BCUT2D eigenvalue weighted by Gasteiger charge is 2.15. The van der Waals surface area contributed by atoms with Crippen molar-refractivity contribution in [2.24, 2.45) is 0 Å². The Labute approximate surface area is 208 Å². The van der Waals surface area contributed by atoms with E-state index in [0.29, 0.717) is 27.6 Å². The van der Waals surface area contributed by atoms with E-state index in [4.69, 9.17) is 14.5 Å². The van der Waals surface area contributed by atoms with E-state index in [2.05, 4.69) is 12.2 Å². The van der Waals surface area contributed by atoms with Gasteiger partial charge in [0, 0.05) is 5.69 Å². The Hall–Kier alpha value is -3.78. The molecule has 1 heterocycles. The number of ether oxygens (including phenoxy) is 2. The van der Waals surface area contributed by atoms with E-state index in [0.717, 1.165) is 23.2 Å². The number of benzene rings is 3. The number of aromatic nitrogens is 2. The number of methoxy groups -OCH3 is 2. The third-order valence-electron chi connectivity index (χ3n) is 5.57. The fourth-order valence-electron chi connectivity index (χ4n) is 3.76. The van der Waals surface area contributed by atoms with Gasteiger partial charge in [-0.1, -0.05) is 49.0 Å². The third-order valence-corrected chi connectivity index (χ3v) is 6.54. The fraction of sp³-hybridized carbons (Fsp3) is 0.222. The maximum atomic E-state index is 13.4. The Morgan fingerprint density at radius 2 is 1.77 bits per heavy atom. The highest BCUT2D eigenvalue weighted by molar-refractivity contribution is 7.99. The second-order valence-electron chi connectivity index (χ2n) is 7.88. The molecule has 0 spiro atoms. The van der Waals surface area contributed by atoms with Crippen LogP contribution in [0.1, 0.15) is 18.1 Å². The number of nitrogens with one attached hydrogen (secondary N) is 1. The molecule has 1 aromatic heterocycles. The minimum Gasteiger partial charge on any atom is -0.493 e. The van der Waals surface area contributed by atoms with E-state index in [9.17, 15) is 9.59 Å². The van der Waals surface area contributed by atoms with Crippen LogP contribution in [-0.2, 0) is 17.8 Å². The summed E-state index contributed by atoms with van der Waals surface area (Å²) in [6, 6.07) is 20.5. The van der Waals surface area contributed by atoms with Crippen molar-refractivity contribution in [1.82, 2.24) is 9.55 Å². The number of fused-ring (bicyclic) bond motifs is 1. The van der Waals surface area contributed by atoms with Gasteiger partial charge in [0.2, 0.25) is 5.91 Å². The Morgan fingerprint density at radius 1 is 0.971 bits per heavy atom. The van der Waals surface area contributed by atoms with Gasteiger partial charge in [-0.05, 0) is 53.9 Å². The lowest BCUT2D eigenvalue weighted by molar-refractivity contribution is -0.113. The quantitative estimate of drug-likeness (QED) is 0.270. The summed E-state index contributed by atoms with van der Waals surface area (Å²) in [6.45, 7) is 2.35. The summed E-state index contributed by atoms with van der Waals surface area (Å²) < 4.78 is 12.3. The zero-order chi connectivity index (χ0) is 24.8. The van der Waals surface area contributed by atoms with E-state index in [1.165, 1.54) is 11.8 Å². The first-order valence-corrected chi connectivity index (χ1v) is 12.2. The van der Waals surface area contributed by atoms with Crippen LogP contribution in [0.4, 0.5) is 5.69 Å². The van der Waals surface area contributed by atoms with E-state index >= 15 is 0 Å². The molecule has 0 saturated heterocycles. The van der Waals surface area contributed by atoms with Crippen LogP contribution in [0.5, 0.6) is 11.5 Å². The number of para-hydroxylation sites is 1. The molecule has 0 fully saturated rings. The lowest BCUT2D eigenvalue weighted by atomic mass is 10.1. The number of thioether (sulfide) groups is 1.